The first-order chi connectivity index (χ1) is 13.8. The van der Waals surface area contributed by atoms with Crippen LogP contribution in [0.1, 0.15) is 19.3 Å². The zero-order chi connectivity index (χ0) is 21.4. The summed E-state index contributed by atoms with van der Waals surface area (Å²) in [6, 6.07) is 4.11. The van der Waals surface area contributed by atoms with Gasteiger partial charge in [-0.3, -0.25) is 9.59 Å². The maximum absolute atomic E-state index is 12.8. The molecule has 1 aliphatic heterocycles. The van der Waals surface area contributed by atoms with Crippen molar-refractivity contribution in [2.24, 2.45) is 0 Å². The molecule has 0 bridgehead atoms. The number of nitrogens with one attached hydrogen (secondary N) is 1. The first-order valence-corrected chi connectivity index (χ1v) is 8.87. The Bertz CT molecular complexity index is 716. The van der Waals surface area contributed by atoms with E-state index < -0.39 is 48.9 Å². The molecule has 0 radical (unpaired) electrons. The van der Waals surface area contributed by atoms with Crippen LogP contribution >= 0.6 is 0 Å². The van der Waals surface area contributed by atoms with Gasteiger partial charge in [0.15, 0.2) is 0 Å². The van der Waals surface area contributed by atoms with Gasteiger partial charge < -0.3 is 24.8 Å². The van der Waals surface area contributed by atoms with Crippen molar-refractivity contribution in [1.29, 1.82) is 0 Å². The van der Waals surface area contributed by atoms with Crippen LogP contribution in [-0.2, 0) is 19.1 Å². The topological polar surface area (TPSA) is 105 Å². The Kier molecular flexibility index (Phi) is 8.25. The van der Waals surface area contributed by atoms with E-state index in [9.17, 15) is 27.6 Å². The lowest BCUT2D eigenvalue weighted by Crippen LogP contribution is -2.45. The average molecular weight is 418 g/mol. The van der Waals surface area contributed by atoms with Crippen molar-refractivity contribution in [1.82, 2.24) is 10.2 Å². The maximum Gasteiger partial charge on any atom is 0.345 e. The zero-order valence-electron chi connectivity index (χ0n) is 15.4. The van der Waals surface area contributed by atoms with E-state index in [1.54, 1.807) is 0 Å². The highest BCUT2D eigenvalue weighted by Crippen LogP contribution is 2.22. The molecule has 1 aromatic carbocycles. The molecule has 0 saturated carbocycles. The Morgan fingerprint density at radius 2 is 1.93 bits per heavy atom. The molecule has 1 aromatic rings. The van der Waals surface area contributed by atoms with E-state index in [4.69, 9.17) is 9.84 Å². The normalized spacial score (nSPS) is 18.7. The fourth-order valence-electron chi connectivity index (χ4n) is 2.87. The molecule has 160 valence electrons. The Hall–Kier alpha value is -2.82. The van der Waals surface area contributed by atoms with Gasteiger partial charge in [-0.1, -0.05) is 0 Å². The number of nitrogens with zero attached hydrogens (tertiary/aromatic N) is 1. The first kappa shape index (κ1) is 22.5. The highest BCUT2D eigenvalue weighted by Gasteiger charge is 2.41. The highest BCUT2D eigenvalue weighted by molar-refractivity contribution is 5.88. The molecule has 1 aliphatic rings. The van der Waals surface area contributed by atoms with E-state index in [0.717, 1.165) is 4.90 Å². The van der Waals surface area contributed by atoms with Crippen molar-refractivity contribution in [3.05, 3.63) is 30.1 Å². The number of amides is 2. The SMILES string of the molecule is O=C(CCCOc1ccc(F)cc1)NCC(=O)N1C[C@H](OC(F)F)C[C@H]1C(=O)O. The number of carboxylic acids is 1. The van der Waals surface area contributed by atoms with Crippen molar-refractivity contribution in [3.8, 4) is 5.75 Å². The van der Waals surface area contributed by atoms with Gasteiger partial charge in [0.25, 0.3) is 0 Å². The summed E-state index contributed by atoms with van der Waals surface area (Å²) in [5, 5.41) is 11.5. The molecule has 1 saturated heterocycles. The number of ether oxygens (including phenoxy) is 2. The summed E-state index contributed by atoms with van der Waals surface area (Å²) in [7, 11) is 0. The van der Waals surface area contributed by atoms with Crippen LogP contribution in [0, 0.1) is 5.82 Å². The number of benzene rings is 1. The van der Waals surface area contributed by atoms with Gasteiger partial charge in [-0.25, -0.2) is 9.18 Å². The fourth-order valence-corrected chi connectivity index (χ4v) is 2.87. The monoisotopic (exact) mass is 418 g/mol. The quantitative estimate of drug-likeness (QED) is 0.557. The van der Waals surface area contributed by atoms with E-state index in [1.807, 2.05) is 0 Å². The Morgan fingerprint density at radius 1 is 1.24 bits per heavy atom. The largest absolute Gasteiger partial charge is 0.494 e. The van der Waals surface area contributed by atoms with E-state index >= 15 is 0 Å². The lowest BCUT2D eigenvalue weighted by molar-refractivity contribution is -0.160. The fraction of sp³-hybridized carbons (Fsp3) is 0.500. The number of rotatable bonds is 10. The van der Waals surface area contributed by atoms with Crippen LogP contribution in [0.4, 0.5) is 13.2 Å². The van der Waals surface area contributed by atoms with Gasteiger partial charge in [0.05, 0.1) is 19.3 Å². The van der Waals surface area contributed by atoms with Crippen molar-refractivity contribution < 1.29 is 42.1 Å². The molecule has 2 amide bonds. The summed E-state index contributed by atoms with van der Waals surface area (Å²) in [6.07, 6.45) is -0.948. The Balaban J connectivity index is 1.70. The first-order valence-electron chi connectivity index (χ1n) is 8.87. The zero-order valence-corrected chi connectivity index (χ0v) is 15.4. The van der Waals surface area contributed by atoms with Gasteiger partial charge in [0, 0.05) is 19.4 Å². The number of likely N-dealkylation sites (tertiary alicyclic amines) is 1. The second-order valence-corrected chi connectivity index (χ2v) is 6.34. The minimum absolute atomic E-state index is 0.0496. The molecule has 8 nitrogen and oxygen atoms in total. The van der Waals surface area contributed by atoms with Crippen LogP contribution in [0.25, 0.3) is 0 Å². The third kappa shape index (κ3) is 7.26. The summed E-state index contributed by atoms with van der Waals surface area (Å²) in [6.45, 7) is -3.61. The van der Waals surface area contributed by atoms with E-state index in [0.29, 0.717) is 12.2 Å². The van der Waals surface area contributed by atoms with Crippen molar-refractivity contribution >= 4 is 17.8 Å². The number of carbonyl (C=O) groups excluding carboxylic acids is 2. The molecular formula is C18H21F3N2O6. The smallest absolute Gasteiger partial charge is 0.345 e. The van der Waals surface area contributed by atoms with Gasteiger partial charge in [0.1, 0.15) is 17.6 Å². The third-order valence-electron chi connectivity index (χ3n) is 4.23. The van der Waals surface area contributed by atoms with Gasteiger partial charge in [-0.15, -0.1) is 0 Å². The summed E-state index contributed by atoms with van der Waals surface area (Å²) < 4.78 is 47.0. The predicted molar refractivity (Wildman–Crippen MR) is 92.8 cm³/mol. The minimum atomic E-state index is -3.07. The average Bonchev–Trinajstić information content (AvgIpc) is 3.08. The summed E-state index contributed by atoms with van der Waals surface area (Å²) >= 11 is 0. The van der Waals surface area contributed by atoms with Crippen molar-refractivity contribution in [2.75, 3.05) is 19.7 Å². The van der Waals surface area contributed by atoms with Crippen LogP contribution in [0.15, 0.2) is 24.3 Å². The molecule has 2 rings (SSSR count). The molecule has 29 heavy (non-hydrogen) atoms. The number of carbonyl (C=O) groups is 3. The summed E-state index contributed by atoms with van der Waals surface area (Å²) in [4.78, 5) is 36.2. The molecule has 0 spiro atoms. The van der Waals surface area contributed by atoms with Gasteiger partial charge in [-0.2, -0.15) is 8.78 Å². The molecular weight excluding hydrogens is 397 g/mol. The van der Waals surface area contributed by atoms with Crippen molar-refractivity contribution in [3.63, 3.8) is 0 Å². The number of hydrogen-bond donors (Lipinski definition) is 2. The number of carboxylic acid groups (broad SMARTS) is 1. The number of alkyl halides is 2. The maximum atomic E-state index is 12.8. The Morgan fingerprint density at radius 3 is 2.55 bits per heavy atom. The second kappa shape index (κ2) is 10.6. The summed E-state index contributed by atoms with van der Waals surface area (Å²) in [5.41, 5.74) is 0. The Labute approximate surface area is 164 Å². The van der Waals surface area contributed by atoms with E-state index in [2.05, 4.69) is 10.1 Å². The van der Waals surface area contributed by atoms with Gasteiger partial charge >= 0.3 is 12.6 Å². The molecule has 1 fully saturated rings. The second-order valence-electron chi connectivity index (χ2n) is 6.34. The van der Waals surface area contributed by atoms with Gasteiger partial charge in [-0.05, 0) is 30.7 Å². The lowest BCUT2D eigenvalue weighted by Gasteiger charge is -2.21. The number of halogens is 3. The molecule has 0 aromatic heterocycles. The van der Waals surface area contributed by atoms with E-state index in [-0.39, 0.29) is 26.0 Å². The highest BCUT2D eigenvalue weighted by atomic mass is 19.3. The van der Waals surface area contributed by atoms with Crippen LogP contribution < -0.4 is 10.1 Å². The molecule has 0 unspecified atom stereocenters. The van der Waals surface area contributed by atoms with E-state index in [1.165, 1.54) is 24.3 Å². The van der Waals surface area contributed by atoms with Crippen LogP contribution in [0.2, 0.25) is 0 Å². The number of hydrogen-bond acceptors (Lipinski definition) is 5. The molecule has 11 heteroatoms. The minimum Gasteiger partial charge on any atom is -0.494 e. The third-order valence-corrected chi connectivity index (χ3v) is 4.23. The van der Waals surface area contributed by atoms with Crippen LogP contribution in [0.5, 0.6) is 5.75 Å². The van der Waals surface area contributed by atoms with Crippen LogP contribution in [-0.4, -0.2) is 66.2 Å². The number of aliphatic carboxylic acids is 1. The van der Waals surface area contributed by atoms with Gasteiger partial charge in [0.2, 0.25) is 11.8 Å². The summed E-state index contributed by atoms with van der Waals surface area (Å²) in [5.74, 6) is -2.42. The lowest BCUT2D eigenvalue weighted by atomic mass is 10.2. The van der Waals surface area contributed by atoms with Crippen molar-refractivity contribution in [2.45, 2.75) is 38.0 Å². The predicted octanol–water partition coefficient (Wildman–Crippen LogP) is 1.39. The molecule has 0 aliphatic carbocycles. The molecule has 1 heterocycles. The molecule has 2 N–H and O–H groups in total. The van der Waals surface area contributed by atoms with Crippen LogP contribution in [0.3, 0.4) is 0 Å². The molecule has 2 atom stereocenters. The standard InChI is InChI=1S/C18H21F3N2O6/c19-11-3-5-12(6-4-11)28-7-1-2-15(24)22-9-16(25)23-10-13(29-18(20)21)8-14(23)17(26)27/h3-6,13-14,18H,1-2,7-10H2,(H,22,24)(H,26,27)/t13-,14+/m1/s1.